The Bertz CT molecular complexity index is 643. The third-order valence-electron chi connectivity index (χ3n) is 3.79. The molecule has 6 nitrogen and oxygen atoms in total. The molecular weight excluding hydrogens is 338 g/mol. The van der Waals surface area contributed by atoms with Crippen LogP contribution in [0.3, 0.4) is 0 Å². The minimum absolute atomic E-state index is 0.113. The molecule has 1 heterocycles. The Labute approximate surface area is 142 Å². The van der Waals surface area contributed by atoms with Crippen molar-refractivity contribution in [2.24, 2.45) is 0 Å². The Kier molecular flexibility index (Phi) is 6.26. The summed E-state index contributed by atoms with van der Waals surface area (Å²) in [6.45, 7) is 4.00. The molecule has 1 aliphatic rings. The molecule has 0 spiro atoms. The topological polar surface area (TPSA) is 69.7 Å². The zero-order valence-electron chi connectivity index (χ0n) is 13.2. The van der Waals surface area contributed by atoms with Gasteiger partial charge in [-0.2, -0.15) is 4.31 Å². The van der Waals surface area contributed by atoms with Gasteiger partial charge in [-0.1, -0.05) is 37.1 Å². The van der Waals surface area contributed by atoms with E-state index >= 15 is 0 Å². The second-order valence-corrected chi connectivity index (χ2v) is 7.72. The van der Waals surface area contributed by atoms with E-state index in [1.54, 1.807) is 23.1 Å². The van der Waals surface area contributed by atoms with Crippen LogP contribution in [0.25, 0.3) is 0 Å². The summed E-state index contributed by atoms with van der Waals surface area (Å²) >= 11 is 6.00. The van der Waals surface area contributed by atoms with Gasteiger partial charge < -0.3 is 10.2 Å². The maximum absolute atomic E-state index is 12.6. The van der Waals surface area contributed by atoms with Crippen LogP contribution in [0.1, 0.15) is 19.8 Å². The fraction of sp³-hybridized carbons (Fsp3) is 0.533. The van der Waals surface area contributed by atoms with Crippen LogP contribution in [0.15, 0.2) is 29.2 Å². The maximum atomic E-state index is 12.6. The standard InChI is InChI=1S/C15H22ClN3O3S/c1-2-3-8-17-15(20)18-9-11-19(12-10-18)23(21,22)14-7-5-4-6-13(14)16/h4-7H,2-3,8-12H2,1H3,(H,17,20). The van der Waals surface area contributed by atoms with Crippen LogP contribution in [-0.2, 0) is 10.0 Å². The number of piperazine rings is 1. The number of amides is 2. The maximum Gasteiger partial charge on any atom is 0.317 e. The molecule has 1 saturated heterocycles. The van der Waals surface area contributed by atoms with Crippen LogP contribution in [-0.4, -0.2) is 56.4 Å². The first-order valence-electron chi connectivity index (χ1n) is 7.74. The highest BCUT2D eigenvalue weighted by molar-refractivity contribution is 7.89. The van der Waals surface area contributed by atoms with E-state index in [2.05, 4.69) is 12.2 Å². The average molecular weight is 360 g/mol. The summed E-state index contributed by atoms with van der Waals surface area (Å²) in [5, 5.41) is 3.06. The summed E-state index contributed by atoms with van der Waals surface area (Å²) in [5.41, 5.74) is 0. The lowest BCUT2D eigenvalue weighted by Crippen LogP contribution is -2.53. The van der Waals surface area contributed by atoms with Gasteiger partial charge in [0.25, 0.3) is 0 Å². The number of carbonyl (C=O) groups excluding carboxylic acids is 1. The number of sulfonamides is 1. The molecule has 1 aliphatic heterocycles. The number of unbranched alkanes of at least 4 members (excludes halogenated alkanes) is 1. The molecule has 128 valence electrons. The highest BCUT2D eigenvalue weighted by atomic mass is 35.5. The molecule has 8 heteroatoms. The van der Waals surface area contributed by atoms with E-state index in [-0.39, 0.29) is 29.0 Å². The number of nitrogens with zero attached hydrogens (tertiary/aromatic N) is 2. The molecule has 1 aromatic rings. The summed E-state index contributed by atoms with van der Waals surface area (Å²) in [7, 11) is -3.62. The van der Waals surface area contributed by atoms with Crippen LogP contribution in [0, 0.1) is 0 Å². The highest BCUT2D eigenvalue weighted by Crippen LogP contribution is 2.24. The quantitative estimate of drug-likeness (QED) is 0.819. The normalized spacial score (nSPS) is 16.3. The molecule has 0 saturated carbocycles. The van der Waals surface area contributed by atoms with E-state index < -0.39 is 10.0 Å². The summed E-state index contributed by atoms with van der Waals surface area (Å²) < 4.78 is 26.6. The predicted octanol–water partition coefficient (Wildman–Crippen LogP) is 2.16. The van der Waals surface area contributed by atoms with Crippen LogP contribution in [0.2, 0.25) is 5.02 Å². The molecular formula is C15H22ClN3O3S. The molecule has 1 N–H and O–H groups in total. The van der Waals surface area contributed by atoms with Crippen LogP contribution < -0.4 is 5.32 Å². The Hall–Kier alpha value is -1.31. The Balaban J connectivity index is 1.96. The molecule has 0 atom stereocenters. The molecule has 2 amide bonds. The van der Waals surface area contributed by atoms with Crippen molar-refractivity contribution in [3.8, 4) is 0 Å². The fourth-order valence-corrected chi connectivity index (χ4v) is 4.32. The number of hydrogen-bond donors (Lipinski definition) is 1. The van der Waals surface area contributed by atoms with Crippen molar-refractivity contribution in [2.75, 3.05) is 32.7 Å². The first kappa shape index (κ1) is 18.0. The van der Waals surface area contributed by atoms with Gasteiger partial charge in [-0.15, -0.1) is 0 Å². The number of carbonyl (C=O) groups is 1. The number of benzene rings is 1. The number of nitrogens with one attached hydrogen (secondary N) is 1. The van der Waals surface area contributed by atoms with E-state index in [9.17, 15) is 13.2 Å². The fourth-order valence-electron chi connectivity index (χ4n) is 2.41. The highest BCUT2D eigenvalue weighted by Gasteiger charge is 2.31. The smallest absolute Gasteiger partial charge is 0.317 e. The second-order valence-electron chi connectivity index (χ2n) is 5.41. The van der Waals surface area contributed by atoms with Gasteiger partial charge in [-0.3, -0.25) is 0 Å². The Morgan fingerprint density at radius 2 is 1.87 bits per heavy atom. The van der Waals surface area contributed by atoms with Crippen molar-refractivity contribution in [3.05, 3.63) is 29.3 Å². The van der Waals surface area contributed by atoms with Gasteiger partial charge in [-0.25, -0.2) is 13.2 Å². The number of halogens is 1. The minimum atomic E-state index is -3.62. The first-order chi connectivity index (χ1) is 11.0. The molecule has 0 radical (unpaired) electrons. The van der Waals surface area contributed by atoms with Gasteiger partial charge in [0.2, 0.25) is 10.0 Å². The van der Waals surface area contributed by atoms with Crippen LogP contribution in [0.4, 0.5) is 4.79 Å². The third-order valence-corrected chi connectivity index (χ3v) is 6.19. The van der Waals surface area contributed by atoms with Crippen molar-refractivity contribution in [2.45, 2.75) is 24.7 Å². The summed E-state index contributed by atoms with van der Waals surface area (Å²) in [4.78, 5) is 13.7. The molecule has 0 bridgehead atoms. The first-order valence-corrected chi connectivity index (χ1v) is 9.56. The van der Waals surface area contributed by atoms with Crippen molar-refractivity contribution in [3.63, 3.8) is 0 Å². The molecule has 0 aromatic heterocycles. The van der Waals surface area contributed by atoms with Gasteiger partial charge in [-0.05, 0) is 18.6 Å². The van der Waals surface area contributed by atoms with Crippen molar-refractivity contribution >= 4 is 27.7 Å². The lowest BCUT2D eigenvalue weighted by molar-refractivity contribution is 0.172. The van der Waals surface area contributed by atoms with Gasteiger partial charge in [0, 0.05) is 32.7 Å². The lowest BCUT2D eigenvalue weighted by Gasteiger charge is -2.34. The zero-order chi connectivity index (χ0) is 16.9. The van der Waals surface area contributed by atoms with E-state index in [1.165, 1.54) is 10.4 Å². The average Bonchev–Trinajstić information content (AvgIpc) is 2.55. The second kappa shape index (κ2) is 7.99. The summed E-state index contributed by atoms with van der Waals surface area (Å²) in [6, 6.07) is 6.27. The Morgan fingerprint density at radius 3 is 2.48 bits per heavy atom. The molecule has 1 fully saturated rings. The summed E-state index contributed by atoms with van der Waals surface area (Å²) in [5.74, 6) is 0. The van der Waals surface area contributed by atoms with E-state index in [1.807, 2.05) is 0 Å². The SMILES string of the molecule is CCCCNC(=O)N1CCN(S(=O)(=O)c2ccccc2Cl)CC1. The van der Waals surface area contributed by atoms with Gasteiger partial charge in [0.15, 0.2) is 0 Å². The van der Waals surface area contributed by atoms with Crippen molar-refractivity contribution < 1.29 is 13.2 Å². The largest absolute Gasteiger partial charge is 0.338 e. The zero-order valence-corrected chi connectivity index (χ0v) is 14.7. The molecule has 23 heavy (non-hydrogen) atoms. The number of rotatable bonds is 5. The van der Waals surface area contributed by atoms with Crippen LogP contribution in [0.5, 0.6) is 0 Å². The van der Waals surface area contributed by atoms with Crippen LogP contribution >= 0.6 is 11.6 Å². The van der Waals surface area contributed by atoms with Gasteiger partial charge >= 0.3 is 6.03 Å². The van der Waals surface area contributed by atoms with Gasteiger partial charge in [0.05, 0.1) is 5.02 Å². The van der Waals surface area contributed by atoms with E-state index in [4.69, 9.17) is 11.6 Å². The van der Waals surface area contributed by atoms with Gasteiger partial charge in [0.1, 0.15) is 4.90 Å². The molecule has 1 aromatic carbocycles. The molecule has 0 unspecified atom stereocenters. The molecule has 0 aliphatic carbocycles. The number of hydrogen-bond acceptors (Lipinski definition) is 3. The monoisotopic (exact) mass is 359 g/mol. The van der Waals surface area contributed by atoms with E-state index in [0.29, 0.717) is 19.6 Å². The Morgan fingerprint density at radius 1 is 1.22 bits per heavy atom. The third kappa shape index (κ3) is 4.37. The van der Waals surface area contributed by atoms with Crippen molar-refractivity contribution in [1.82, 2.24) is 14.5 Å². The summed E-state index contributed by atoms with van der Waals surface area (Å²) in [6.07, 6.45) is 1.96. The number of urea groups is 1. The van der Waals surface area contributed by atoms with E-state index in [0.717, 1.165) is 12.8 Å². The van der Waals surface area contributed by atoms with Crippen molar-refractivity contribution in [1.29, 1.82) is 0 Å². The molecule has 2 rings (SSSR count). The lowest BCUT2D eigenvalue weighted by atomic mass is 10.3. The predicted molar refractivity (Wildman–Crippen MR) is 90.1 cm³/mol. The minimum Gasteiger partial charge on any atom is -0.338 e.